The number of benzene rings is 2. The van der Waals surface area contributed by atoms with Gasteiger partial charge in [-0.15, -0.1) is 10.2 Å². The summed E-state index contributed by atoms with van der Waals surface area (Å²) in [5, 5.41) is 22.5. The molecule has 43 heavy (non-hydrogen) atoms. The number of nitrogens with one attached hydrogen (secondary N) is 1. The summed E-state index contributed by atoms with van der Waals surface area (Å²) in [6.45, 7) is 8.95. The molecule has 2 aliphatic rings. The van der Waals surface area contributed by atoms with Crippen molar-refractivity contribution >= 4 is 39.9 Å². The number of amides is 1. The van der Waals surface area contributed by atoms with Gasteiger partial charge in [0.05, 0.1) is 23.3 Å². The minimum atomic E-state index is -0.539. The van der Waals surface area contributed by atoms with E-state index in [2.05, 4.69) is 61.4 Å². The molecule has 8 nitrogen and oxygen atoms in total. The van der Waals surface area contributed by atoms with E-state index in [-0.39, 0.29) is 28.7 Å². The van der Waals surface area contributed by atoms with E-state index < -0.39 is 5.92 Å². The van der Waals surface area contributed by atoms with E-state index in [1.54, 1.807) is 4.90 Å². The second-order valence-electron chi connectivity index (χ2n) is 12.0. The highest BCUT2D eigenvalue weighted by Crippen LogP contribution is 2.50. The minimum absolute atomic E-state index is 0.0146. The van der Waals surface area contributed by atoms with Crippen molar-refractivity contribution in [2.45, 2.75) is 63.1 Å². The van der Waals surface area contributed by atoms with Gasteiger partial charge in [-0.05, 0) is 40.9 Å². The number of nitrogens with zero attached hydrogens (tertiary/aromatic N) is 4. The summed E-state index contributed by atoms with van der Waals surface area (Å²) >= 11 is 2.59. The number of carbonyl (C=O) groups is 2. The van der Waals surface area contributed by atoms with Gasteiger partial charge in [0.1, 0.15) is 5.82 Å². The van der Waals surface area contributed by atoms with Gasteiger partial charge in [-0.3, -0.25) is 14.5 Å². The number of nitrogens with two attached hydrogens (primary N) is 1. The van der Waals surface area contributed by atoms with Crippen LogP contribution in [0.5, 0.6) is 0 Å². The largest absolute Gasteiger partial charge is 0.384 e. The van der Waals surface area contributed by atoms with Gasteiger partial charge in [0.25, 0.3) is 0 Å². The molecule has 1 aliphatic heterocycles. The molecular formula is C33H36N6O2S2. The Labute approximate surface area is 261 Å². The van der Waals surface area contributed by atoms with Crippen molar-refractivity contribution in [2.75, 3.05) is 17.2 Å². The predicted molar refractivity (Wildman–Crippen MR) is 171 cm³/mol. The van der Waals surface area contributed by atoms with E-state index in [4.69, 9.17) is 5.73 Å². The highest BCUT2D eigenvalue weighted by atomic mass is 32.2. The van der Waals surface area contributed by atoms with Crippen LogP contribution in [0.25, 0.3) is 0 Å². The molecule has 2 aromatic carbocycles. The number of carbonyl (C=O) groups excluding carboxylic acids is 2. The van der Waals surface area contributed by atoms with Crippen molar-refractivity contribution in [3.8, 4) is 6.07 Å². The molecule has 1 amide bonds. The average molecular weight is 613 g/mol. The van der Waals surface area contributed by atoms with Gasteiger partial charge in [0, 0.05) is 24.2 Å². The van der Waals surface area contributed by atoms with Gasteiger partial charge >= 0.3 is 0 Å². The summed E-state index contributed by atoms with van der Waals surface area (Å²) in [6, 6.07) is 20.4. The molecule has 1 atom stereocenters. The summed E-state index contributed by atoms with van der Waals surface area (Å²) in [7, 11) is 0. The maximum Gasteiger partial charge on any atom is 0.230 e. The molecule has 1 aromatic heterocycles. The first-order valence-electron chi connectivity index (χ1n) is 14.4. The van der Waals surface area contributed by atoms with Crippen LogP contribution < -0.4 is 16.0 Å². The SMILES string of the molecule is CC(C)c1ccc(C2C(C#N)=C(N)N(c3nnc(SCC(=O)NCCc4ccccc4)s3)C3=C2C(=O)CC(C)(C)C3)cc1. The first-order chi connectivity index (χ1) is 20.6. The monoisotopic (exact) mass is 612 g/mol. The second-order valence-corrected chi connectivity index (χ2v) is 14.2. The van der Waals surface area contributed by atoms with E-state index in [9.17, 15) is 14.9 Å². The van der Waals surface area contributed by atoms with Gasteiger partial charge in [0.15, 0.2) is 10.1 Å². The van der Waals surface area contributed by atoms with Gasteiger partial charge in [-0.25, -0.2) is 0 Å². The predicted octanol–water partition coefficient (Wildman–Crippen LogP) is 6.05. The summed E-state index contributed by atoms with van der Waals surface area (Å²) in [5.41, 5.74) is 11.4. The van der Waals surface area contributed by atoms with E-state index in [1.165, 1.54) is 34.2 Å². The number of rotatable bonds is 9. The lowest BCUT2D eigenvalue weighted by molar-refractivity contribution is -0.119. The van der Waals surface area contributed by atoms with Crippen LogP contribution in [0.4, 0.5) is 5.13 Å². The Morgan fingerprint density at radius 2 is 1.88 bits per heavy atom. The van der Waals surface area contributed by atoms with E-state index >= 15 is 0 Å². The molecule has 2 heterocycles. The number of aromatic nitrogens is 2. The summed E-state index contributed by atoms with van der Waals surface area (Å²) < 4.78 is 0.606. The Balaban J connectivity index is 1.39. The molecule has 5 rings (SSSR count). The van der Waals surface area contributed by atoms with Crippen LogP contribution in [0.1, 0.15) is 69.1 Å². The maximum atomic E-state index is 13.8. The molecule has 0 fully saturated rings. The number of nitriles is 1. The quantitative estimate of drug-likeness (QED) is 0.280. The lowest BCUT2D eigenvalue weighted by atomic mass is 9.68. The molecule has 0 radical (unpaired) electrons. The summed E-state index contributed by atoms with van der Waals surface area (Å²) in [4.78, 5) is 28.0. The fourth-order valence-corrected chi connectivity index (χ4v) is 7.37. The van der Waals surface area contributed by atoms with Crippen LogP contribution >= 0.6 is 23.1 Å². The Hall–Kier alpha value is -3.94. The third-order valence-electron chi connectivity index (χ3n) is 7.81. The standard InChI is InChI=1S/C33H36N6O2S2/c1-20(2)22-10-12-23(13-11-22)28-24(18-34)30(35)39(25-16-33(3,4)17-26(40)29(25)28)31-37-38-32(43-31)42-19-27(41)36-15-14-21-8-6-5-7-9-21/h5-13,20,28H,14-17,19,35H2,1-4H3,(H,36,41). The highest BCUT2D eigenvalue weighted by molar-refractivity contribution is 8.01. The minimum Gasteiger partial charge on any atom is -0.384 e. The normalized spacial score (nSPS) is 18.1. The third kappa shape index (κ3) is 6.68. The molecule has 222 valence electrons. The third-order valence-corrected chi connectivity index (χ3v) is 9.85. The first kappa shape index (κ1) is 30.5. The molecule has 1 aliphatic carbocycles. The number of allylic oxidation sites excluding steroid dienone is 3. The second kappa shape index (κ2) is 12.7. The van der Waals surface area contributed by atoms with Gasteiger partial charge in [-0.2, -0.15) is 5.26 Å². The molecule has 10 heteroatoms. The highest BCUT2D eigenvalue weighted by Gasteiger charge is 2.45. The zero-order chi connectivity index (χ0) is 30.7. The van der Waals surface area contributed by atoms with Gasteiger partial charge in [0.2, 0.25) is 11.0 Å². The lowest BCUT2D eigenvalue weighted by Gasteiger charge is -2.42. The Morgan fingerprint density at radius 3 is 2.56 bits per heavy atom. The summed E-state index contributed by atoms with van der Waals surface area (Å²) in [5.74, 6) is 0.215. The first-order valence-corrected chi connectivity index (χ1v) is 16.2. The number of hydrogen-bond donors (Lipinski definition) is 2. The van der Waals surface area contributed by atoms with Crippen LogP contribution in [0, 0.1) is 16.7 Å². The van der Waals surface area contributed by atoms with Crippen LogP contribution in [0.3, 0.4) is 0 Å². The molecule has 3 N–H and O–H groups in total. The fraction of sp³-hybridized carbons (Fsp3) is 0.364. The number of hydrogen-bond acceptors (Lipinski definition) is 9. The zero-order valence-corrected chi connectivity index (χ0v) is 26.5. The average Bonchev–Trinajstić information content (AvgIpc) is 3.44. The molecule has 0 saturated heterocycles. The molecule has 1 unspecified atom stereocenters. The van der Waals surface area contributed by atoms with Crippen molar-refractivity contribution < 1.29 is 9.59 Å². The van der Waals surface area contributed by atoms with Gasteiger partial charge in [-0.1, -0.05) is 105 Å². The Kier molecular flexibility index (Phi) is 9.04. The molecule has 3 aromatic rings. The number of ketones is 1. The van der Waals surface area contributed by atoms with Crippen molar-refractivity contribution in [1.82, 2.24) is 15.5 Å². The van der Waals surface area contributed by atoms with Gasteiger partial charge < -0.3 is 11.1 Å². The van der Waals surface area contributed by atoms with E-state index in [0.717, 1.165) is 17.7 Å². The number of anilines is 1. The van der Waals surface area contributed by atoms with Crippen molar-refractivity contribution in [1.29, 1.82) is 5.26 Å². The lowest BCUT2D eigenvalue weighted by Crippen LogP contribution is -2.42. The molecular weight excluding hydrogens is 577 g/mol. The van der Waals surface area contributed by atoms with Crippen molar-refractivity contribution in [2.24, 2.45) is 11.1 Å². The zero-order valence-electron chi connectivity index (χ0n) is 24.9. The Morgan fingerprint density at radius 1 is 1.16 bits per heavy atom. The molecule has 0 bridgehead atoms. The fourth-order valence-electron chi connectivity index (χ4n) is 5.65. The van der Waals surface area contributed by atoms with Crippen LogP contribution in [-0.2, 0) is 16.0 Å². The van der Waals surface area contributed by atoms with Crippen molar-refractivity contribution in [3.63, 3.8) is 0 Å². The van der Waals surface area contributed by atoms with E-state index in [1.807, 2.05) is 42.5 Å². The smallest absolute Gasteiger partial charge is 0.230 e. The number of Topliss-reactive ketones (excluding diaryl/α,β-unsaturated/α-hetero) is 1. The summed E-state index contributed by atoms with van der Waals surface area (Å²) in [6.07, 6.45) is 1.74. The maximum absolute atomic E-state index is 13.8. The molecule has 0 spiro atoms. The topological polar surface area (TPSA) is 125 Å². The molecule has 0 saturated carbocycles. The van der Waals surface area contributed by atoms with Crippen LogP contribution in [0.15, 0.2) is 81.6 Å². The van der Waals surface area contributed by atoms with Crippen LogP contribution in [-0.4, -0.2) is 34.2 Å². The van der Waals surface area contributed by atoms with Crippen molar-refractivity contribution in [3.05, 3.63) is 94.0 Å². The van der Waals surface area contributed by atoms with Crippen LogP contribution in [0.2, 0.25) is 0 Å². The Bertz CT molecular complexity index is 1620. The van der Waals surface area contributed by atoms with E-state index in [0.29, 0.717) is 45.9 Å². The number of thioether (sulfide) groups is 1.